The molecule has 2 aliphatic rings. The van der Waals surface area contributed by atoms with E-state index in [1.165, 1.54) is 11.1 Å². The summed E-state index contributed by atoms with van der Waals surface area (Å²) >= 11 is 0. The van der Waals surface area contributed by atoms with Crippen molar-refractivity contribution < 1.29 is 14.5 Å². The molecular formula is C17H24N3O2+. The molecule has 1 atom stereocenters. The standard InChI is InChI=1S/C17H23N3O2/c1-19(11-16(21)18-15-6-7-15)12-17(22)20-9-8-13-4-2-3-5-14(13)10-20/h2-5,15H,6-12H2,1H3,(H,18,21)/p+1. The number of carbonyl (C=O) groups excluding carboxylic acids is 2. The molecule has 1 heterocycles. The Hall–Kier alpha value is -1.88. The first-order valence-corrected chi connectivity index (χ1v) is 8.07. The zero-order chi connectivity index (χ0) is 15.5. The second-order valence-corrected chi connectivity index (χ2v) is 6.49. The van der Waals surface area contributed by atoms with Crippen LogP contribution in [0.15, 0.2) is 24.3 Å². The van der Waals surface area contributed by atoms with Crippen molar-refractivity contribution in [3.05, 3.63) is 35.4 Å². The van der Waals surface area contributed by atoms with Crippen molar-refractivity contribution in [2.75, 3.05) is 26.7 Å². The molecule has 0 aromatic heterocycles. The van der Waals surface area contributed by atoms with Gasteiger partial charge in [0, 0.05) is 19.1 Å². The Balaban J connectivity index is 1.48. The van der Waals surface area contributed by atoms with Gasteiger partial charge in [-0.1, -0.05) is 24.3 Å². The predicted molar refractivity (Wildman–Crippen MR) is 83.3 cm³/mol. The van der Waals surface area contributed by atoms with E-state index < -0.39 is 0 Å². The van der Waals surface area contributed by atoms with Crippen molar-refractivity contribution in [1.82, 2.24) is 10.2 Å². The van der Waals surface area contributed by atoms with Crippen molar-refractivity contribution >= 4 is 11.8 Å². The summed E-state index contributed by atoms with van der Waals surface area (Å²) in [6, 6.07) is 8.68. The highest BCUT2D eigenvalue weighted by molar-refractivity contribution is 5.79. The molecule has 2 amide bonds. The zero-order valence-corrected chi connectivity index (χ0v) is 13.1. The Morgan fingerprint density at radius 2 is 1.95 bits per heavy atom. The lowest BCUT2D eigenvalue weighted by Crippen LogP contribution is -3.11. The minimum atomic E-state index is 0.0526. The van der Waals surface area contributed by atoms with Crippen LogP contribution in [0.2, 0.25) is 0 Å². The predicted octanol–water partition coefficient (Wildman–Crippen LogP) is -0.635. The van der Waals surface area contributed by atoms with E-state index in [4.69, 9.17) is 0 Å². The normalized spacial score (nSPS) is 18.5. The molecule has 1 aliphatic heterocycles. The van der Waals surface area contributed by atoms with Gasteiger partial charge >= 0.3 is 0 Å². The lowest BCUT2D eigenvalue weighted by Gasteiger charge is -2.29. The topological polar surface area (TPSA) is 53.9 Å². The van der Waals surface area contributed by atoms with Crippen LogP contribution < -0.4 is 10.2 Å². The molecule has 1 aromatic rings. The third-order valence-corrected chi connectivity index (χ3v) is 4.34. The van der Waals surface area contributed by atoms with Crippen LogP contribution in [0.4, 0.5) is 0 Å². The third-order valence-electron chi connectivity index (χ3n) is 4.34. The summed E-state index contributed by atoms with van der Waals surface area (Å²) in [5, 5.41) is 2.97. The van der Waals surface area contributed by atoms with Gasteiger partial charge in [0.25, 0.3) is 11.8 Å². The van der Waals surface area contributed by atoms with Gasteiger partial charge in [-0.25, -0.2) is 0 Å². The van der Waals surface area contributed by atoms with Crippen LogP contribution in [0.25, 0.3) is 0 Å². The molecule has 0 radical (unpaired) electrons. The van der Waals surface area contributed by atoms with Crippen LogP contribution in [0, 0.1) is 0 Å². The molecule has 5 nitrogen and oxygen atoms in total. The van der Waals surface area contributed by atoms with Crippen molar-refractivity contribution in [3.8, 4) is 0 Å². The number of hydrogen-bond acceptors (Lipinski definition) is 2. The fourth-order valence-corrected chi connectivity index (χ4v) is 2.92. The fourth-order valence-electron chi connectivity index (χ4n) is 2.92. The van der Waals surface area contributed by atoms with Crippen molar-refractivity contribution in [3.63, 3.8) is 0 Å². The maximum absolute atomic E-state index is 12.4. The molecule has 1 aromatic carbocycles. The van der Waals surface area contributed by atoms with E-state index in [1.54, 1.807) is 0 Å². The van der Waals surface area contributed by atoms with Crippen LogP contribution in [0.5, 0.6) is 0 Å². The number of benzene rings is 1. The Morgan fingerprint density at radius 3 is 2.68 bits per heavy atom. The summed E-state index contributed by atoms with van der Waals surface area (Å²) in [4.78, 5) is 27.0. The highest BCUT2D eigenvalue weighted by Crippen LogP contribution is 2.18. The Labute approximate surface area is 131 Å². The Kier molecular flexibility index (Phi) is 4.43. The fraction of sp³-hybridized carbons (Fsp3) is 0.529. The van der Waals surface area contributed by atoms with Crippen LogP contribution >= 0.6 is 0 Å². The summed E-state index contributed by atoms with van der Waals surface area (Å²) in [6.07, 6.45) is 3.11. The van der Waals surface area contributed by atoms with Crippen molar-refractivity contribution in [1.29, 1.82) is 0 Å². The quantitative estimate of drug-likeness (QED) is 0.760. The second kappa shape index (κ2) is 6.48. The summed E-state index contributed by atoms with van der Waals surface area (Å²) in [5.74, 6) is 0.183. The van der Waals surface area contributed by atoms with Crippen LogP contribution in [0.3, 0.4) is 0 Å². The number of rotatable bonds is 5. The monoisotopic (exact) mass is 302 g/mol. The number of fused-ring (bicyclic) bond motifs is 1. The number of likely N-dealkylation sites (N-methyl/N-ethyl adjacent to an activating group) is 1. The molecule has 22 heavy (non-hydrogen) atoms. The third kappa shape index (κ3) is 3.85. The molecule has 0 spiro atoms. The van der Waals surface area contributed by atoms with E-state index in [2.05, 4.69) is 17.4 Å². The smallest absolute Gasteiger partial charge is 0.278 e. The van der Waals surface area contributed by atoms with E-state index in [1.807, 2.05) is 24.1 Å². The van der Waals surface area contributed by atoms with E-state index in [0.29, 0.717) is 25.7 Å². The van der Waals surface area contributed by atoms with E-state index in [-0.39, 0.29) is 11.8 Å². The minimum absolute atomic E-state index is 0.0526. The number of hydrogen-bond donors (Lipinski definition) is 2. The molecule has 1 aliphatic carbocycles. The molecule has 3 rings (SSSR count). The van der Waals surface area contributed by atoms with Crippen molar-refractivity contribution in [2.24, 2.45) is 0 Å². The van der Waals surface area contributed by atoms with E-state index in [0.717, 1.165) is 30.7 Å². The first-order valence-electron chi connectivity index (χ1n) is 8.07. The summed E-state index contributed by atoms with van der Waals surface area (Å²) in [6.45, 7) is 2.21. The highest BCUT2D eigenvalue weighted by atomic mass is 16.2. The molecule has 2 N–H and O–H groups in total. The van der Waals surface area contributed by atoms with Gasteiger partial charge < -0.3 is 15.1 Å². The summed E-state index contributed by atoms with van der Waals surface area (Å²) in [5.41, 5.74) is 2.59. The van der Waals surface area contributed by atoms with E-state index in [9.17, 15) is 9.59 Å². The number of nitrogens with one attached hydrogen (secondary N) is 2. The maximum atomic E-state index is 12.4. The van der Waals surface area contributed by atoms with Gasteiger partial charge in [-0.05, 0) is 30.4 Å². The van der Waals surface area contributed by atoms with Crippen LogP contribution in [0.1, 0.15) is 24.0 Å². The maximum Gasteiger partial charge on any atom is 0.278 e. The van der Waals surface area contributed by atoms with E-state index >= 15 is 0 Å². The number of amides is 2. The number of nitrogens with zero attached hydrogens (tertiary/aromatic N) is 1. The van der Waals surface area contributed by atoms with Crippen molar-refractivity contribution in [2.45, 2.75) is 31.8 Å². The van der Waals surface area contributed by atoms with Gasteiger partial charge in [0.2, 0.25) is 0 Å². The second-order valence-electron chi connectivity index (χ2n) is 6.49. The summed E-state index contributed by atoms with van der Waals surface area (Å²) < 4.78 is 0. The first-order chi connectivity index (χ1) is 10.6. The van der Waals surface area contributed by atoms with Crippen LogP contribution in [-0.4, -0.2) is 49.4 Å². The lowest BCUT2D eigenvalue weighted by atomic mass is 10.00. The average molecular weight is 302 g/mol. The first kappa shape index (κ1) is 15.0. The highest BCUT2D eigenvalue weighted by Gasteiger charge is 2.26. The number of quaternary nitrogens is 1. The molecule has 1 saturated carbocycles. The number of carbonyl (C=O) groups is 2. The van der Waals surface area contributed by atoms with Gasteiger partial charge in [0.15, 0.2) is 13.1 Å². The SMILES string of the molecule is C[NH+](CC(=O)NC1CC1)CC(=O)N1CCc2ccccc2C1. The molecule has 0 bridgehead atoms. The van der Waals surface area contributed by atoms with Gasteiger partial charge in [0.1, 0.15) is 0 Å². The Bertz CT molecular complexity index is 569. The molecule has 118 valence electrons. The minimum Gasteiger partial charge on any atom is -0.348 e. The Morgan fingerprint density at radius 1 is 1.23 bits per heavy atom. The molecule has 0 saturated heterocycles. The van der Waals surface area contributed by atoms with Gasteiger partial charge in [0.05, 0.1) is 7.05 Å². The lowest BCUT2D eigenvalue weighted by molar-refractivity contribution is -0.863. The van der Waals surface area contributed by atoms with Gasteiger partial charge in [-0.2, -0.15) is 0 Å². The molecular weight excluding hydrogens is 278 g/mol. The zero-order valence-electron chi connectivity index (χ0n) is 13.1. The van der Waals surface area contributed by atoms with Gasteiger partial charge in [-0.3, -0.25) is 9.59 Å². The summed E-state index contributed by atoms with van der Waals surface area (Å²) in [7, 11) is 1.91. The molecule has 1 fully saturated rings. The van der Waals surface area contributed by atoms with Crippen LogP contribution in [-0.2, 0) is 22.6 Å². The average Bonchev–Trinajstić information content (AvgIpc) is 3.30. The molecule has 1 unspecified atom stereocenters. The van der Waals surface area contributed by atoms with Gasteiger partial charge in [-0.15, -0.1) is 0 Å². The largest absolute Gasteiger partial charge is 0.348 e. The molecule has 5 heteroatoms.